The van der Waals surface area contributed by atoms with E-state index in [1.807, 2.05) is 0 Å². The molecule has 0 spiro atoms. The van der Waals surface area contributed by atoms with Crippen molar-refractivity contribution in [2.45, 2.75) is 0 Å². The Bertz CT molecular complexity index is 458. The van der Waals surface area contributed by atoms with Crippen molar-refractivity contribution in [2.75, 3.05) is 27.6 Å². The molecule has 10 heteroatoms. The third-order valence-electron chi connectivity index (χ3n) is 2.50. The highest BCUT2D eigenvalue weighted by Gasteiger charge is 2.40. The summed E-state index contributed by atoms with van der Waals surface area (Å²) in [5, 5.41) is 0. The van der Waals surface area contributed by atoms with Gasteiger partial charge >= 0.3 is 8.80 Å². The number of hydrogen-bond acceptors (Lipinski definition) is 4. The van der Waals surface area contributed by atoms with Crippen molar-refractivity contribution in [3.63, 3.8) is 0 Å². The van der Waals surface area contributed by atoms with Gasteiger partial charge in [-0.2, -0.15) is 8.78 Å². The molecule has 0 heterocycles. The van der Waals surface area contributed by atoms with Crippen molar-refractivity contribution in [3.8, 4) is 5.75 Å². The van der Waals surface area contributed by atoms with Gasteiger partial charge in [0, 0.05) is 21.3 Å². The van der Waals surface area contributed by atoms with Gasteiger partial charge in [-0.15, -0.1) is 0 Å². The van der Waals surface area contributed by atoms with E-state index in [4.69, 9.17) is 13.3 Å². The van der Waals surface area contributed by atoms with E-state index in [0.717, 1.165) is 0 Å². The summed E-state index contributed by atoms with van der Waals surface area (Å²) in [5.74, 6) is -12.0. The summed E-state index contributed by atoms with van der Waals surface area (Å²) < 4.78 is 84.7. The van der Waals surface area contributed by atoms with E-state index in [1.54, 1.807) is 0 Å². The lowest BCUT2D eigenvalue weighted by molar-refractivity contribution is 0.0977. The largest absolute Gasteiger partial charge is 0.539 e. The molecule has 20 heavy (non-hydrogen) atoms. The Morgan fingerprint density at radius 2 is 1.05 bits per heavy atom. The van der Waals surface area contributed by atoms with Crippen LogP contribution < -0.4 is 4.74 Å². The van der Waals surface area contributed by atoms with Gasteiger partial charge in [-0.25, -0.2) is 13.2 Å². The van der Waals surface area contributed by atoms with E-state index >= 15 is 0 Å². The predicted octanol–water partition coefficient (Wildman–Crippen LogP) is 2.18. The maximum absolute atomic E-state index is 13.3. The monoisotopic (exact) mass is 318 g/mol. The molecule has 0 aliphatic carbocycles. The molecule has 0 unspecified atom stereocenters. The number of ether oxygens (including phenoxy) is 1. The molecule has 0 saturated heterocycles. The summed E-state index contributed by atoms with van der Waals surface area (Å²) >= 11 is 0. The van der Waals surface area contributed by atoms with Gasteiger partial charge in [-0.1, -0.05) is 0 Å². The molecule has 1 aromatic rings. The number of halogens is 5. The first-order valence-corrected chi connectivity index (χ1v) is 7.06. The first-order valence-electron chi connectivity index (χ1n) is 5.13. The van der Waals surface area contributed by atoms with Crippen LogP contribution in [-0.2, 0) is 13.3 Å². The molecule has 0 aliphatic rings. The van der Waals surface area contributed by atoms with Crippen molar-refractivity contribution < 1.29 is 40.0 Å². The van der Waals surface area contributed by atoms with Crippen molar-refractivity contribution in [3.05, 3.63) is 29.1 Å². The quantitative estimate of drug-likeness (QED) is 0.349. The van der Waals surface area contributed by atoms with Gasteiger partial charge in [-0.3, -0.25) is 0 Å². The number of hydrogen-bond donors (Lipinski definition) is 0. The van der Waals surface area contributed by atoms with Gasteiger partial charge in [0.1, 0.15) is 0 Å². The first-order chi connectivity index (χ1) is 9.33. The minimum absolute atomic E-state index is 0.630. The van der Waals surface area contributed by atoms with E-state index in [9.17, 15) is 22.0 Å². The molecular formula is C10H11F5O4Si. The second-order valence-corrected chi connectivity index (χ2v) is 6.36. The highest BCUT2D eigenvalue weighted by molar-refractivity contribution is 6.60. The molecule has 0 saturated carbocycles. The zero-order valence-corrected chi connectivity index (χ0v) is 11.7. The molecule has 0 bridgehead atoms. The highest BCUT2D eigenvalue weighted by Crippen LogP contribution is 2.29. The first kappa shape index (κ1) is 16.8. The molecule has 1 rings (SSSR count). The SMILES string of the molecule is CO[Si](COc1c(F)c(F)c(F)c(F)c1F)(OC)OC. The second kappa shape index (κ2) is 6.48. The lowest BCUT2D eigenvalue weighted by Gasteiger charge is -2.24. The number of benzene rings is 1. The lowest BCUT2D eigenvalue weighted by Crippen LogP contribution is -2.49. The fraction of sp³-hybridized carbons (Fsp3) is 0.400. The van der Waals surface area contributed by atoms with Crippen LogP contribution in [0, 0.1) is 29.1 Å². The minimum atomic E-state index is -3.39. The molecule has 0 atom stereocenters. The Hall–Kier alpha value is -1.23. The average Bonchev–Trinajstić information content (AvgIpc) is 2.47. The van der Waals surface area contributed by atoms with Crippen LogP contribution in [0.1, 0.15) is 0 Å². The Kier molecular flexibility index (Phi) is 5.45. The van der Waals surface area contributed by atoms with Crippen LogP contribution in [0.15, 0.2) is 0 Å². The Morgan fingerprint density at radius 1 is 0.700 bits per heavy atom. The van der Waals surface area contributed by atoms with E-state index in [0.29, 0.717) is 0 Å². The van der Waals surface area contributed by atoms with Crippen LogP contribution in [0.3, 0.4) is 0 Å². The summed E-state index contributed by atoms with van der Waals surface area (Å²) in [7, 11) is 0.198. The third-order valence-corrected chi connectivity index (χ3v) is 4.86. The smallest absolute Gasteiger partial charge is 0.483 e. The molecular weight excluding hydrogens is 307 g/mol. The minimum Gasteiger partial charge on any atom is -0.483 e. The van der Waals surface area contributed by atoms with Crippen LogP contribution >= 0.6 is 0 Å². The van der Waals surface area contributed by atoms with E-state index in [1.165, 1.54) is 21.3 Å². The van der Waals surface area contributed by atoms with Crippen LogP contribution in [0.2, 0.25) is 0 Å². The predicted molar refractivity (Wildman–Crippen MR) is 58.5 cm³/mol. The fourth-order valence-corrected chi connectivity index (χ4v) is 2.47. The molecule has 114 valence electrons. The lowest BCUT2D eigenvalue weighted by atomic mass is 10.3. The Balaban J connectivity index is 3.11. The molecule has 0 aromatic heterocycles. The second-order valence-electron chi connectivity index (χ2n) is 3.48. The molecule has 4 nitrogen and oxygen atoms in total. The van der Waals surface area contributed by atoms with E-state index in [-0.39, 0.29) is 0 Å². The summed E-state index contributed by atoms with van der Waals surface area (Å²) in [6, 6.07) is 0. The van der Waals surface area contributed by atoms with Crippen molar-refractivity contribution in [1.29, 1.82) is 0 Å². The summed E-state index contributed by atoms with van der Waals surface area (Å²) in [6.07, 6.45) is -0.630. The summed E-state index contributed by atoms with van der Waals surface area (Å²) in [4.78, 5) is 0. The van der Waals surface area contributed by atoms with Gasteiger partial charge in [0.2, 0.25) is 29.1 Å². The van der Waals surface area contributed by atoms with Crippen LogP contribution in [0.5, 0.6) is 5.75 Å². The topological polar surface area (TPSA) is 36.9 Å². The average molecular weight is 318 g/mol. The van der Waals surface area contributed by atoms with Crippen LogP contribution in [-0.4, -0.2) is 36.4 Å². The van der Waals surface area contributed by atoms with Gasteiger partial charge in [0.15, 0.2) is 12.0 Å². The molecule has 0 fully saturated rings. The fourth-order valence-electron chi connectivity index (χ4n) is 1.30. The zero-order valence-electron chi connectivity index (χ0n) is 10.7. The molecule has 0 aliphatic heterocycles. The standard InChI is InChI=1S/C10H11F5O4Si/c1-16-20(17-2,18-3)4-19-10-8(14)6(12)5(11)7(13)9(10)15/h4H2,1-3H3. The van der Waals surface area contributed by atoms with Gasteiger partial charge in [0.25, 0.3) is 0 Å². The third kappa shape index (κ3) is 2.92. The maximum Gasteiger partial charge on any atom is 0.539 e. The Morgan fingerprint density at radius 3 is 1.40 bits per heavy atom. The molecule has 0 radical (unpaired) electrons. The summed E-state index contributed by atoms with van der Waals surface area (Å²) in [5.41, 5.74) is 0. The van der Waals surface area contributed by atoms with Crippen molar-refractivity contribution >= 4 is 8.80 Å². The van der Waals surface area contributed by atoms with Crippen LogP contribution in [0.4, 0.5) is 22.0 Å². The van der Waals surface area contributed by atoms with Gasteiger partial charge in [0.05, 0.1) is 0 Å². The zero-order chi connectivity index (χ0) is 15.5. The molecule has 1 aromatic carbocycles. The van der Waals surface area contributed by atoms with Gasteiger partial charge in [-0.05, 0) is 0 Å². The van der Waals surface area contributed by atoms with Crippen molar-refractivity contribution in [1.82, 2.24) is 0 Å². The molecule has 0 amide bonds. The van der Waals surface area contributed by atoms with Crippen LogP contribution in [0.25, 0.3) is 0 Å². The number of rotatable bonds is 6. The molecule has 0 N–H and O–H groups in total. The van der Waals surface area contributed by atoms with Gasteiger partial charge < -0.3 is 18.0 Å². The van der Waals surface area contributed by atoms with Crippen molar-refractivity contribution in [2.24, 2.45) is 0 Å². The normalized spacial score (nSPS) is 11.8. The van der Waals surface area contributed by atoms with E-state index < -0.39 is 49.9 Å². The Labute approximate surface area is 112 Å². The van der Waals surface area contributed by atoms with E-state index in [2.05, 4.69) is 4.74 Å². The maximum atomic E-state index is 13.3. The highest BCUT2D eigenvalue weighted by atomic mass is 28.4. The summed E-state index contributed by atoms with van der Waals surface area (Å²) in [6.45, 7) is 0.